The molecule has 1 aromatic carbocycles. The molecule has 0 unspecified atom stereocenters. The highest BCUT2D eigenvalue weighted by Crippen LogP contribution is 2.19. The number of halogens is 1. The Morgan fingerprint density at radius 1 is 1.14 bits per heavy atom. The lowest BCUT2D eigenvalue weighted by molar-refractivity contribution is 0.0998. The summed E-state index contributed by atoms with van der Waals surface area (Å²) in [5, 5.41) is 0.339. The summed E-state index contributed by atoms with van der Waals surface area (Å²) < 4.78 is 5.40. The Labute approximate surface area is 173 Å². The first kappa shape index (κ1) is 20.6. The number of hydrogen-bond acceptors (Lipinski definition) is 6. The van der Waals surface area contributed by atoms with E-state index in [-0.39, 0.29) is 0 Å². The maximum absolute atomic E-state index is 12.4. The van der Waals surface area contributed by atoms with Crippen molar-refractivity contribution in [1.82, 2.24) is 14.8 Å². The second-order valence-electron chi connectivity index (χ2n) is 6.74. The van der Waals surface area contributed by atoms with Gasteiger partial charge in [-0.3, -0.25) is 14.7 Å². The smallest absolute Gasteiger partial charge is 0.409 e. The molecule has 3 rings (SSSR count). The molecule has 2 amide bonds. The molecule has 8 nitrogen and oxygen atoms in total. The van der Waals surface area contributed by atoms with Crippen LogP contribution in [0.3, 0.4) is 0 Å². The van der Waals surface area contributed by atoms with E-state index < -0.39 is 12.0 Å². The predicted molar refractivity (Wildman–Crippen MR) is 110 cm³/mol. The highest BCUT2D eigenvalue weighted by Gasteiger charge is 2.23. The number of carbonyl (C=O) groups is 2. The number of amides is 2. The number of primary amides is 1. The molecule has 0 radical (unpaired) electrons. The molecule has 4 N–H and O–H groups in total. The molecular formula is C20H22ClN5O3. The van der Waals surface area contributed by atoms with Crippen LogP contribution < -0.4 is 16.2 Å². The van der Waals surface area contributed by atoms with E-state index in [9.17, 15) is 9.59 Å². The first-order valence-corrected chi connectivity index (χ1v) is 9.38. The summed E-state index contributed by atoms with van der Waals surface area (Å²) in [4.78, 5) is 31.7. The fraction of sp³-hybridized carbons (Fsp3) is 0.250. The lowest BCUT2D eigenvalue weighted by Crippen LogP contribution is -2.49. The van der Waals surface area contributed by atoms with Crippen LogP contribution in [-0.2, 0) is 6.54 Å². The molecule has 1 saturated heterocycles. The Morgan fingerprint density at radius 3 is 2.52 bits per heavy atom. The lowest BCUT2D eigenvalue weighted by atomic mass is 10.1. The number of piperazine rings is 1. The minimum atomic E-state index is -0.554. The zero-order valence-corrected chi connectivity index (χ0v) is 16.6. The molecule has 1 fully saturated rings. The van der Waals surface area contributed by atoms with Gasteiger partial charge in [-0.2, -0.15) is 0 Å². The number of ether oxygens (including phenoxy) is 1. The van der Waals surface area contributed by atoms with Crippen molar-refractivity contribution in [3.05, 3.63) is 65.0 Å². The number of nitrogens with two attached hydrogens (primary N) is 2. The number of rotatable bonds is 5. The first-order valence-electron chi connectivity index (χ1n) is 9.00. The predicted octanol–water partition coefficient (Wildman–Crippen LogP) is 2.08. The monoisotopic (exact) mass is 415 g/mol. The van der Waals surface area contributed by atoms with Crippen LogP contribution in [0.2, 0.25) is 5.02 Å². The maximum Gasteiger partial charge on any atom is 0.415 e. The number of hydrogen-bond donors (Lipinski definition) is 2. The standard InChI is InChI=1S/C20H22ClN5O3/c1-13(22)15-9-16(11-24-10-15)29-20(28)26-6-4-25(5-7-26)12-14-2-3-18(21)17(8-14)19(23)27/h2-3,8-11H,1,4-7,12,22H2,(H2,23,27). The second-order valence-corrected chi connectivity index (χ2v) is 7.15. The van der Waals surface area contributed by atoms with E-state index in [1.807, 2.05) is 6.07 Å². The van der Waals surface area contributed by atoms with E-state index >= 15 is 0 Å². The summed E-state index contributed by atoms with van der Waals surface area (Å²) in [7, 11) is 0. The topological polar surface area (TPSA) is 115 Å². The van der Waals surface area contributed by atoms with Crippen molar-refractivity contribution < 1.29 is 14.3 Å². The normalized spacial score (nSPS) is 14.4. The number of benzene rings is 1. The Kier molecular flexibility index (Phi) is 6.36. The van der Waals surface area contributed by atoms with Crippen LogP contribution in [-0.4, -0.2) is 53.0 Å². The summed E-state index contributed by atoms with van der Waals surface area (Å²) in [6.07, 6.45) is 2.57. The molecular weight excluding hydrogens is 394 g/mol. The summed E-state index contributed by atoms with van der Waals surface area (Å²) >= 11 is 5.99. The zero-order valence-electron chi connectivity index (χ0n) is 15.8. The van der Waals surface area contributed by atoms with Crippen LogP contribution in [0.1, 0.15) is 21.5 Å². The maximum atomic E-state index is 12.4. The van der Waals surface area contributed by atoms with Crippen LogP contribution in [0, 0.1) is 0 Å². The average Bonchev–Trinajstić information content (AvgIpc) is 2.70. The van der Waals surface area contributed by atoms with Gasteiger partial charge in [0.25, 0.3) is 0 Å². The zero-order chi connectivity index (χ0) is 21.0. The van der Waals surface area contributed by atoms with Crippen molar-refractivity contribution in [2.45, 2.75) is 6.54 Å². The quantitative estimate of drug-likeness (QED) is 0.772. The van der Waals surface area contributed by atoms with Crippen LogP contribution in [0.5, 0.6) is 5.75 Å². The summed E-state index contributed by atoms with van der Waals surface area (Å²) in [5.41, 5.74) is 13.2. The molecule has 2 heterocycles. The van der Waals surface area contributed by atoms with Gasteiger partial charge in [-0.15, -0.1) is 0 Å². The number of carbonyl (C=O) groups excluding carboxylic acids is 2. The summed E-state index contributed by atoms with van der Waals surface area (Å²) in [5.74, 6) is -0.233. The number of aromatic nitrogens is 1. The van der Waals surface area contributed by atoms with Gasteiger partial charge in [0.05, 0.1) is 16.8 Å². The number of pyridine rings is 1. The van der Waals surface area contributed by atoms with E-state index in [4.69, 9.17) is 27.8 Å². The molecule has 2 aromatic rings. The van der Waals surface area contributed by atoms with Gasteiger partial charge in [0.2, 0.25) is 5.91 Å². The Morgan fingerprint density at radius 2 is 1.86 bits per heavy atom. The average molecular weight is 416 g/mol. The molecule has 1 aliphatic rings. The van der Waals surface area contributed by atoms with Crippen molar-refractivity contribution in [2.75, 3.05) is 26.2 Å². The van der Waals surface area contributed by atoms with E-state index in [0.29, 0.717) is 60.3 Å². The van der Waals surface area contributed by atoms with Crippen molar-refractivity contribution in [2.24, 2.45) is 11.5 Å². The molecule has 0 bridgehead atoms. The molecule has 9 heteroatoms. The molecule has 152 valence electrons. The molecule has 29 heavy (non-hydrogen) atoms. The van der Waals surface area contributed by atoms with Crippen molar-refractivity contribution >= 4 is 29.3 Å². The molecule has 0 atom stereocenters. The Bertz CT molecular complexity index is 941. The van der Waals surface area contributed by atoms with E-state index in [1.54, 1.807) is 29.3 Å². The third kappa shape index (κ3) is 5.24. The van der Waals surface area contributed by atoms with Crippen LogP contribution in [0.4, 0.5) is 4.79 Å². The van der Waals surface area contributed by atoms with Gasteiger partial charge in [0, 0.05) is 50.2 Å². The van der Waals surface area contributed by atoms with Crippen molar-refractivity contribution in [1.29, 1.82) is 0 Å². The van der Waals surface area contributed by atoms with E-state index in [2.05, 4.69) is 16.5 Å². The number of nitrogens with zero attached hydrogens (tertiary/aromatic N) is 3. The largest absolute Gasteiger partial charge is 0.415 e. The van der Waals surface area contributed by atoms with Gasteiger partial charge in [-0.1, -0.05) is 24.2 Å². The molecule has 1 aliphatic heterocycles. The SMILES string of the molecule is C=C(N)c1cncc(OC(=O)N2CCN(Cc3ccc(Cl)c(C(N)=O)c3)CC2)c1. The lowest BCUT2D eigenvalue weighted by Gasteiger charge is -2.34. The Balaban J connectivity index is 1.54. The van der Waals surface area contributed by atoms with Gasteiger partial charge in [0.1, 0.15) is 0 Å². The van der Waals surface area contributed by atoms with Crippen molar-refractivity contribution in [3.63, 3.8) is 0 Å². The molecule has 0 spiro atoms. The third-order valence-corrected chi connectivity index (χ3v) is 4.95. The van der Waals surface area contributed by atoms with E-state index in [0.717, 1.165) is 5.56 Å². The van der Waals surface area contributed by atoms with Gasteiger partial charge in [-0.05, 0) is 23.8 Å². The third-order valence-electron chi connectivity index (χ3n) is 4.62. The highest BCUT2D eigenvalue weighted by molar-refractivity contribution is 6.33. The summed E-state index contributed by atoms with van der Waals surface area (Å²) in [6.45, 7) is 6.65. The minimum absolute atomic E-state index is 0.308. The Hall–Kier alpha value is -3.10. The molecule has 1 aromatic heterocycles. The first-order chi connectivity index (χ1) is 13.8. The van der Waals surface area contributed by atoms with E-state index in [1.165, 1.54) is 6.20 Å². The van der Waals surface area contributed by atoms with Crippen molar-refractivity contribution in [3.8, 4) is 5.75 Å². The minimum Gasteiger partial charge on any atom is -0.409 e. The fourth-order valence-corrected chi connectivity index (χ4v) is 3.23. The fourth-order valence-electron chi connectivity index (χ4n) is 3.02. The van der Waals surface area contributed by atoms with Crippen LogP contribution in [0.15, 0.2) is 43.2 Å². The van der Waals surface area contributed by atoms with Gasteiger partial charge in [-0.25, -0.2) is 4.79 Å². The van der Waals surface area contributed by atoms with Crippen LogP contribution >= 0.6 is 11.6 Å². The van der Waals surface area contributed by atoms with Gasteiger partial charge >= 0.3 is 6.09 Å². The second kappa shape index (κ2) is 8.93. The summed E-state index contributed by atoms with van der Waals surface area (Å²) in [6, 6.07) is 6.86. The van der Waals surface area contributed by atoms with Gasteiger partial charge in [0.15, 0.2) is 5.75 Å². The molecule has 0 saturated carbocycles. The highest BCUT2D eigenvalue weighted by atomic mass is 35.5. The molecule has 0 aliphatic carbocycles. The van der Waals surface area contributed by atoms with Gasteiger partial charge < -0.3 is 21.1 Å². The van der Waals surface area contributed by atoms with Crippen LogP contribution in [0.25, 0.3) is 5.70 Å².